The molecule has 0 unspecified atom stereocenters. The van der Waals surface area contributed by atoms with Crippen LogP contribution in [0.25, 0.3) is 0 Å². The zero-order chi connectivity index (χ0) is 37.1. The summed E-state index contributed by atoms with van der Waals surface area (Å²) in [5.74, 6) is -3.30. The first-order valence-corrected chi connectivity index (χ1v) is 19.1. The number of hydrogen-bond acceptors (Lipinski definition) is 8. The predicted molar refractivity (Wildman–Crippen MR) is 202 cm³/mol. The summed E-state index contributed by atoms with van der Waals surface area (Å²) in [6.45, 7) is 8.09. The normalized spacial score (nSPS) is 16.7. The zero-order valence-corrected chi connectivity index (χ0v) is 31.2. The monoisotopic (exact) mass is 733 g/mol. The standard InChI is InChI=1S/C38H47N5O6S2/c1-24-15-17-27(18-16-24)20-39-35(47)36(48)42-30(22-50-5)33(45)41-29(19-26-12-7-6-8-13-26)31(44)37(49)43-23-51-38(3,4)32(43)34(46)40-21-28-14-10-9-11-25(28)2/h6-18,29-32,44H,19-23H2,1-5H3,(H,39,47)(H,40,46)(H,41,45)(H,42,48)/t29-,30-,31-,32+/m0/s1. The van der Waals surface area contributed by atoms with Crippen molar-refractivity contribution >= 4 is 53.1 Å². The molecule has 0 bridgehead atoms. The lowest BCUT2D eigenvalue weighted by molar-refractivity contribution is -0.148. The maximum Gasteiger partial charge on any atom is 0.309 e. The fourth-order valence-corrected chi connectivity index (χ4v) is 7.49. The number of nitrogens with zero attached hydrogens (tertiary/aromatic N) is 1. The van der Waals surface area contributed by atoms with E-state index in [1.807, 2.05) is 107 Å². The van der Waals surface area contributed by atoms with Crippen molar-refractivity contribution in [1.82, 2.24) is 26.2 Å². The minimum absolute atomic E-state index is 0.0883. The summed E-state index contributed by atoms with van der Waals surface area (Å²) in [6, 6.07) is 21.1. The Morgan fingerprint density at radius 1 is 0.863 bits per heavy atom. The molecule has 3 aromatic carbocycles. The number of nitrogens with one attached hydrogen (secondary N) is 4. The smallest absolute Gasteiger partial charge is 0.309 e. The van der Waals surface area contributed by atoms with Crippen LogP contribution < -0.4 is 21.3 Å². The van der Waals surface area contributed by atoms with Crippen LogP contribution in [0.2, 0.25) is 0 Å². The van der Waals surface area contributed by atoms with Gasteiger partial charge in [-0.1, -0.05) is 84.4 Å². The highest BCUT2D eigenvalue weighted by Crippen LogP contribution is 2.40. The number of amides is 5. The van der Waals surface area contributed by atoms with Gasteiger partial charge < -0.3 is 31.3 Å². The van der Waals surface area contributed by atoms with Crippen LogP contribution >= 0.6 is 23.5 Å². The van der Waals surface area contributed by atoms with Gasteiger partial charge in [-0.15, -0.1) is 11.8 Å². The Hall–Kier alpha value is -4.33. The Labute approximate surface area is 308 Å². The average Bonchev–Trinajstić information content (AvgIpc) is 3.44. The molecule has 1 aliphatic heterocycles. The number of aryl methyl sites for hydroxylation is 2. The van der Waals surface area contributed by atoms with E-state index < -0.39 is 52.6 Å². The van der Waals surface area contributed by atoms with Gasteiger partial charge >= 0.3 is 11.8 Å². The van der Waals surface area contributed by atoms with Gasteiger partial charge in [0.25, 0.3) is 5.91 Å². The van der Waals surface area contributed by atoms with Gasteiger partial charge in [-0.3, -0.25) is 24.0 Å². The molecular weight excluding hydrogens is 687 g/mol. The molecule has 1 saturated heterocycles. The van der Waals surface area contributed by atoms with Crippen LogP contribution in [-0.2, 0) is 43.5 Å². The highest BCUT2D eigenvalue weighted by molar-refractivity contribution is 8.00. The predicted octanol–water partition coefficient (Wildman–Crippen LogP) is 2.85. The lowest BCUT2D eigenvalue weighted by atomic mass is 9.97. The molecule has 4 atom stereocenters. The Balaban J connectivity index is 1.48. The summed E-state index contributed by atoms with van der Waals surface area (Å²) in [5.41, 5.74) is 4.61. The van der Waals surface area contributed by atoms with Crippen LogP contribution in [0.15, 0.2) is 78.9 Å². The van der Waals surface area contributed by atoms with Crippen LogP contribution in [0.3, 0.4) is 0 Å². The first-order chi connectivity index (χ1) is 24.3. The van der Waals surface area contributed by atoms with Gasteiger partial charge in [-0.2, -0.15) is 11.8 Å². The van der Waals surface area contributed by atoms with Gasteiger partial charge in [-0.05, 0) is 62.6 Å². The van der Waals surface area contributed by atoms with Crippen molar-refractivity contribution in [1.29, 1.82) is 0 Å². The molecule has 0 aromatic heterocycles. The summed E-state index contributed by atoms with van der Waals surface area (Å²) in [7, 11) is 0. The number of aliphatic hydroxyl groups is 1. The second kappa shape index (κ2) is 18.2. The number of benzene rings is 3. The second-order valence-corrected chi connectivity index (χ2v) is 15.6. The number of thioether (sulfide) groups is 2. The van der Waals surface area contributed by atoms with Gasteiger partial charge in [0.15, 0.2) is 6.10 Å². The van der Waals surface area contributed by atoms with E-state index in [1.54, 1.807) is 6.26 Å². The average molecular weight is 734 g/mol. The molecule has 0 saturated carbocycles. The molecule has 5 N–H and O–H groups in total. The first-order valence-electron chi connectivity index (χ1n) is 16.7. The number of carbonyl (C=O) groups excluding carboxylic acids is 5. The lowest BCUT2D eigenvalue weighted by Crippen LogP contribution is -2.60. The molecule has 4 rings (SSSR count). The highest BCUT2D eigenvalue weighted by Gasteiger charge is 2.50. The largest absolute Gasteiger partial charge is 0.381 e. The summed E-state index contributed by atoms with van der Waals surface area (Å²) in [5, 5.41) is 22.4. The maximum atomic E-state index is 14.1. The molecule has 1 aliphatic rings. The van der Waals surface area contributed by atoms with Crippen LogP contribution in [-0.4, -0.2) is 86.4 Å². The van der Waals surface area contributed by atoms with E-state index >= 15 is 0 Å². The minimum atomic E-state index is -1.72. The molecule has 5 amide bonds. The minimum Gasteiger partial charge on any atom is -0.381 e. The van der Waals surface area contributed by atoms with Crippen molar-refractivity contribution in [3.05, 3.63) is 107 Å². The fourth-order valence-electron chi connectivity index (χ4n) is 5.78. The third-order valence-corrected chi connectivity index (χ3v) is 10.8. The molecule has 3 aromatic rings. The summed E-state index contributed by atoms with van der Waals surface area (Å²) < 4.78 is -0.656. The molecule has 0 radical (unpaired) electrons. The van der Waals surface area contributed by atoms with Crippen molar-refractivity contribution in [3.63, 3.8) is 0 Å². The Morgan fingerprint density at radius 2 is 1.53 bits per heavy atom. The van der Waals surface area contributed by atoms with Crippen molar-refractivity contribution < 1.29 is 29.1 Å². The molecule has 13 heteroatoms. The maximum absolute atomic E-state index is 14.1. The van der Waals surface area contributed by atoms with E-state index in [-0.39, 0.29) is 37.0 Å². The van der Waals surface area contributed by atoms with E-state index in [0.29, 0.717) is 0 Å². The van der Waals surface area contributed by atoms with E-state index in [9.17, 15) is 29.1 Å². The summed E-state index contributed by atoms with van der Waals surface area (Å²) in [4.78, 5) is 68.3. The molecule has 1 heterocycles. The van der Waals surface area contributed by atoms with Gasteiger partial charge in [0.1, 0.15) is 12.1 Å². The van der Waals surface area contributed by atoms with Gasteiger partial charge in [0, 0.05) is 23.6 Å². The lowest BCUT2D eigenvalue weighted by Gasteiger charge is -2.33. The second-order valence-electron chi connectivity index (χ2n) is 13.1. The number of aliphatic hydroxyl groups excluding tert-OH is 1. The SMILES string of the molecule is CSC[C@H](NC(=O)C(=O)NCc1ccc(C)cc1)C(=O)N[C@@H](Cc1ccccc1)[C@H](O)C(=O)N1CSC(C)(C)[C@H]1C(=O)NCc1ccccc1C. The molecule has 1 fully saturated rings. The first kappa shape index (κ1) is 39.5. The van der Waals surface area contributed by atoms with E-state index in [4.69, 9.17) is 0 Å². The quantitative estimate of drug-likeness (QED) is 0.159. The van der Waals surface area contributed by atoms with Crippen LogP contribution in [0.4, 0.5) is 0 Å². The Bertz CT molecular complexity index is 1690. The third-order valence-electron chi connectivity index (χ3n) is 8.79. The van der Waals surface area contributed by atoms with Gasteiger partial charge in [0.2, 0.25) is 11.8 Å². The van der Waals surface area contributed by atoms with Crippen molar-refractivity contribution in [2.45, 2.75) is 76.2 Å². The molecule has 11 nitrogen and oxygen atoms in total. The number of rotatable bonds is 14. The van der Waals surface area contributed by atoms with Crippen molar-refractivity contribution in [3.8, 4) is 0 Å². The van der Waals surface area contributed by atoms with Crippen LogP contribution in [0, 0.1) is 13.8 Å². The van der Waals surface area contributed by atoms with Crippen LogP contribution in [0.1, 0.15) is 41.7 Å². The molecule has 0 aliphatic carbocycles. The van der Waals surface area contributed by atoms with Crippen molar-refractivity contribution in [2.75, 3.05) is 17.9 Å². The van der Waals surface area contributed by atoms with E-state index in [2.05, 4.69) is 21.3 Å². The molecule has 272 valence electrons. The van der Waals surface area contributed by atoms with Crippen LogP contribution in [0.5, 0.6) is 0 Å². The third kappa shape index (κ3) is 10.8. The van der Waals surface area contributed by atoms with Gasteiger partial charge in [0.05, 0.1) is 11.9 Å². The summed E-state index contributed by atoms with van der Waals surface area (Å²) >= 11 is 2.71. The molecule has 51 heavy (non-hydrogen) atoms. The Kier molecular flexibility index (Phi) is 14.1. The topological polar surface area (TPSA) is 157 Å². The zero-order valence-electron chi connectivity index (χ0n) is 29.6. The highest BCUT2D eigenvalue weighted by atomic mass is 32.2. The van der Waals surface area contributed by atoms with E-state index in [0.717, 1.165) is 27.8 Å². The van der Waals surface area contributed by atoms with Gasteiger partial charge in [-0.25, -0.2) is 0 Å². The van der Waals surface area contributed by atoms with Crippen molar-refractivity contribution in [2.24, 2.45) is 0 Å². The fraction of sp³-hybridized carbons (Fsp3) is 0.395. The molecular formula is C38H47N5O6S2. The molecule has 0 spiro atoms. The summed E-state index contributed by atoms with van der Waals surface area (Å²) in [6.07, 6.45) is 0.116. The number of hydrogen-bond donors (Lipinski definition) is 5. The number of carbonyl (C=O) groups is 5. The Morgan fingerprint density at radius 3 is 2.20 bits per heavy atom. The van der Waals surface area contributed by atoms with E-state index in [1.165, 1.54) is 28.4 Å².